The number of primary amides is 1. The third kappa shape index (κ3) is 4.50. The van der Waals surface area contributed by atoms with Crippen LogP contribution < -0.4 is 16.2 Å². The number of fused-ring (bicyclic) bond motifs is 1. The summed E-state index contributed by atoms with van der Waals surface area (Å²) in [6.07, 6.45) is 4.40. The Kier molecular flexibility index (Phi) is 5.84. The van der Waals surface area contributed by atoms with Crippen molar-refractivity contribution in [2.24, 2.45) is 5.73 Å². The first-order valence-corrected chi connectivity index (χ1v) is 10.2. The molecule has 2 heterocycles. The highest BCUT2D eigenvalue weighted by molar-refractivity contribution is 5.85. The van der Waals surface area contributed by atoms with Gasteiger partial charge in [0.2, 0.25) is 5.91 Å². The first kappa shape index (κ1) is 20.4. The molecule has 4 aromatic rings. The monoisotopic (exact) mass is 415 g/mol. The van der Waals surface area contributed by atoms with Crippen LogP contribution in [0.4, 0.5) is 5.82 Å². The van der Waals surface area contributed by atoms with E-state index in [4.69, 9.17) is 21.2 Å². The number of nitrogens with two attached hydrogens (primary N) is 2. The van der Waals surface area contributed by atoms with Gasteiger partial charge in [0.1, 0.15) is 35.2 Å². The van der Waals surface area contributed by atoms with Crippen molar-refractivity contribution in [1.29, 1.82) is 0 Å². The Morgan fingerprint density at radius 3 is 2.74 bits per heavy atom. The van der Waals surface area contributed by atoms with E-state index in [9.17, 15) is 4.79 Å². The molecule has 2 aromatic carbocycles. The molecule has 1 unspecified atom stereocenters. The average molecular weight is 415 g/mol. The number of nitrogen functional groups attached to an aromatic ring is 1. The minimum absolute atomic E-state index is 0.0214. The lowest BCUT2D eigenvalue weighted by molar-refractivity contribution is -0.118. The van der Waals surface area contributed by atoms with Gasteiger partial charge in [-0.05, 0) is 24.1 Å². The van der Waals surface area contributed by atoms with Gasteiger partial charge in [0.05, 0.1) is 0 Å². The molecule has 158 valence electrons. The zero-order valence-corrected chi connectivity index (χ0v) is 17.4. The SMILES string of the molecule is CC(CCC(N)=O)c1nc(-c2cccc(OCc3ccccc3)c2)c2c(N)nccn12. The quantitative estimate of drug-likeness (QED) is 0.453. The van der Waals surface area contributed by atoms with Crippen molar-refractivity contribution in [2.45, 2.75) is 32.3 Å². The first-order chi connectivity index (χ1) is 15.0. The van der Waals surface area contributed by atoms with Crippen LogP contribution in [0.5, 0.6) is 5.75 Å². The van der Waals surface area contributed by atoms with Crippen LogP contribution in [0.1, 0.15) is 37.1 Å². The summed E-state index contributed by atoms with van der Waals surface area (Å²) >= 11 is 0. The summed E-state index contributed by atoms with van der Waals surface area (Å²) in [5.74, 6) is 1.66. The molecule has 0 saturated carbocycles. The predicted molar refractivity (Wildman–Crippen MR) is 120 cm³/mol. The molecule has 0 bridgehead atoms. The van der Waals surface area contributed by atoms with Gasteiger partial charge in [0, 0.05) is 30.3 Å². The van der Waals surface area contributed by atoms with Gasteiger partial charge in [0.15, 0.2) is 0 Å². The minimum atomic E-state index is -0.322. The Morgan fingerprint density at radius 2 is 1.97 bits per heavy atom. The van der Waals surface area contributed by atoms with E-state index >= 15 is 0 Å². The zero-order chi connectivity index (χ0) is 21.8. The smallest absolute Gasteiger partial charge is 0.217 e. The van der Waals surface area contributed by atoms with E-state index in [1.165, 1.54) is 0 Å². The molecular formula is C24H25N5O2. The van der Waals surface area contributed by atoms with E-state index in [0.717, 1.165) is 33.9 Å². The van der Waals surface area contributed by atoms with Crippen molar-refractivity contribution in [2.75, 3.05) is 5.73 Å². The fourth-order valence-electron chi connectivity index (χ4n) is 3.60. The highest BCUT2D eigenvalue weighted by Gasteiger charge is 2.20. The number of hydrogen-bond acceptors (Lipinski definition) is 5. The van der Waals surface area contributed by atoms with Crippen LogP contribution in [0.25, 0.3) is 16.8 Å². The average Bonchev–Trinajstić information content (AvgIpc) is 3.18. The highest BCUT2D eigenvalue weighted by Crippen LogP contribution is 2.33. The Labute approximate surface area is 180 Å². The minimum Gasteiger partial charge on any atom is -0.489 e. The van der Waals surface area contributed by atoms with Crippen molar-refractivity contribution in [1.82, 2.24) is 14.4 Å². The molecule has 4 rings (SSSR count). The zero-order valence-electron chi connectivity index (χ0n) is 17.4. The second-order valence-corrected chi connectivity index (χ2v) is 7.56. The number of hydrogen-bond donors (Lipinski definition) is 2. The summed E-state index contributed by atoms with van der Waals surface area (Å²) in [5, 5.41) is 0. The van der Waals surface area contributed by atoms with Crippen molar-refractivity contribution in [3.63, 3.8) is 0 Å². The number of anilines is 1. The lowest BCUT2D eigenvalue weighted by Gasteiger charge is -2.09. The van der Waals surface area contributed by atoms with Gasteiger partial charge in [-0.3, -0.25) is 9.20 Å². The lowest BCUT2D eigenvalue weighted by Crippen LogP contribution is -2.12. The molecule has 0 fully saturated rings. The van der Waals surface area contributed by atoms with Gasteiger partial charge in [-0.1, -0.05) is 49.4 Å². The van der Waals surface area contributed by atoms with Crippen molar-refractivity contribution < 1.29 is 9.53 Å². The number of amides is 1. The number of benzene rings is 2. The predicted octanol–water partition coefficient (Wildman–Crippen LogP) is 3.93. The van der Waals surface area contributed by atoms with E-state index in [1.807, 2.05) is 72.1 Å². The molecule has 31 heavy (non-hydrogen) atoms. The molecule has 1 atom stereocenters. The summed E-state index contributed by atoms with van der Waals surface area (Å²) in [5.41, 5.74) is 15.0. The van der Waals surface area contributed by atoms with Gasteiger partial charge in [-0.2, -0.15) is 0 Å². The van der Waals surface area contributed by atoms with Crippen LogP contribution in [-0.2, 0) is 11.4 Å². The first-order valence-electron chi connectivity index (χ1n) is 10.2. The van der Waals surface area contributed by atoms with Crippen LogP contribution in [0, 0.1) is 0 Å². The fourth-order valence-corrected chi connectivity index (χ4v) is 3.60. The van der Waals surface area contributed by atoms with Gasteiger partial charge in [-0.25, -0.2) is 9.97 Å². The van der Waals surface area contributed by atoms with E-state index in [1.54, 1.807) is 6.20 Å². The molecule has 7 heteroatoms. The third-order valence-electron chi connectivity index (χ3n) is 5.23. The Balaban J connectivity index is 1.68. The molecule has 0 radical (unpaired) electrons. The van der Waals surface area contributed by atoms with Crippen molar-refractivity contribution in [3.05, 3.63) is 78.4 Å². The largest absolute Gasteiger partial charge is 0.489 e. The molecule has 1 amide bonds. The second kappa shape index (κ2) is 8.87. The summed E-state index contributed by atoms with van der Waals surface area (Å²) in [7, 11) is 0. The summed E-state index contributed by atoms with van der Waals surface area (Å²) in [6.45, 7) is 2.50. The molecule has 0 aliphatic rings. The van der Waals surface area contributed by atoms with Gasteiger partial charge < -0.3 is 16.2 Å². The van der Waals surface area contributed by atoms with Gasteiger partial charge in [-0.15, -0.1) is 0 Å². The maximum Gasteiger partial charge on any atom is 0.217 e. The molecule has 0 spiro atoms. The third-order valence-corrected chi connectivity index (χ3v) is 5.23. The summed E-state index contributed by atoms with van der Waals surface area (Å²) in [6, 6.07) is 17.8. The normalized spacial score (nSPS) is 12.0. The number of nitrogens with zero attached hydrogens (tertiary/aromatic N) is 3. The van der Waals surface area contributed by atoms with Gasteiger partial charge >= 0.3 is 0 Å². The molecule has 0 aliphatic carbocycles. The van der Waals surface area contributed by atoms with Crippen LogP contribution >= 0.6 is 0 Å². The molecule has 0 saturated heterocycles. The fraction of sp³-hybridized carbons (Fsp3) is 0.208. The van der Waals surface area contributed by atoms with E-state index in [2.05, 4.69) is 4.98 Å². The lowest BCUT2D eigenvalue weighted by atomic mass is 10.0. The number of ether oxygens (including phenoxy) is 1. The summed E-state index contributed by atoms with van der Waals surface area (Å²) < 4.78 is 7.93. The number of carbonyl (C=O) groups excluding carboxylic acids is 1. The van der Waals surface area contributed by atoms with Crippen LogP contribution in [0.15, 0.2) is 67.0 Å². The molecule has 4 N–H and O–H groups in total. The highest BCUT2D eigenvalue weighted by atomic mass is 16.5. The van der Waals surface area contributed by atoms with Crippen molar-refractivity contribution >= 4 is 17.2 Å². The Bertz CT molecular complexity index is 1200. The second-order valence-electron chi connectivity index (χ2n) is 7.56. The maximum absolute atomic E-state index is 11.2. The van der Waals surface area contributed by atoms with Crippen LogP contribution in [-0.4, -0.2) is 20.3 Å². The maximum atomic E-state index is 11.2. The van der Waals surface area contributed by atoms with E-state index < -0.39 is 0 Å². The number of imidazole rings is 1. The number of aromatic nitrogens is 3. The molecular weight excluding hydrogens is 390 g/mol. The number of rotatable bonds is 8. The summed E-state index contributed by atoms with van der Waals surface area (Å²) in [4.78, 5) is 20.4. The van der Waals surface area contributed by atoms with Crippen LogP contribution in [0.3, 0.4) is 0 Å². The molecule has 2 aromatic heterocycles. The van der Waals surface area contributed by atoms with E-state index in [-0.39, 0.29) is 11.8 Å². The standard InChI is InChI=1S/C24H25N5O2/c1-16(10-11-20(25)30)24-28-21(22-23(26)27-12-13-29(22)24)18-8-5-9-19(14-18)31-15-17-6-3-2-4-7-17/h2-9,12-14,16H,10-11,15H2,1H3,(H2,25,30)(H2,26,27). The van der Waals surface area contributed by atoms with Crippen molar-refractivity contribution in [3.8, 4) is 17.0 Å². The van der Waals surface area contributed by atoms with Crippen LogP contribution in [0.2, 0.25) is 0 Å². The van der Waals surface area contributed by atoms with Gasteiger partial charge in [0.25, 0.3) is 0 Å². The topological polar surface area (TPSA) is 109 Å². The van der Waals surface area contributed by atoms with E-state index in [0.29, 0.717) is 25.3 Å². The molecule has 7 nitrogen and oxygen atoms in total. The Hall–Kier alpha value is -3.87. The molecule has 0 aliphatic heterocycles. The number of carbonyl (C=O) groups is 1. The Morgan fingerprint density at radius 1 is 1.16 bits per heavy atom.